The van der Waals surface area contributed by atoms with Gasteiger partial charge >= 0.3 is 0 Å². The molecule has 0 unspecified atom stereocenters. The van der Waals surface area contributed by atoms with Crippen molar-refractivity contribution in [1.29, 1.82) is 0 Å². The lowest BCUT2D eigenvalue weighted by Gasteiger charge is -2.11. The van der Waals surface area contributed by atoms with E-state index in [1.165, 1.54) is 11.3 Å². The lowest BCUT2D eigenvalue weighted by atomic mass is 10.0. The van der Waals surface area contributed by atoms with Crippen LogP contribution in [0.25, 0.3) is 22.5 Å². The Balaban J connectivity index is 1.66. The van der Waals surface area contributed by atoms with Crippen LogP contribution < -0.4 is 0 Å². The predicted octanol–water partition coefficient (Wildman–Crippen LogP) is 5.40. The molecule has 0 amide bonds. The molecule has 4 nitrogen and oxygen atoms in total. The highest BCUT2D eigenvalue weighted by molar-refractivity contribution is 5.78. The zero-order chi connectivity index (χ0) is 18.7. The molecule has 3 aromatic rings. The van der Waals surface area contributed by atoms with Crippen LogP contribution in [-0.2, 0) is 16.0 Å². The molecule has 0 bridgehead atoms. The molecule has 0 atom stereocenters. The van der Waals surface area contributed by atoms with Gasteiger partial charge in [0.2, 0.25) is 0 Å². The second kappa shape index (κ2) is 10.7. The minimum Gasteiger partial charge on any atom is -0.355 e. The van der Waals surface area contributed by atoms with Crippen molar-refractivity contribution >= 4 is 0 Å². The Kier molecular flexibility index (Phi) is 7.63. The fourth-order valence-electron chi connectivity index (χ4n) is 3.07. The van der Waals surface area contributed by atoms with Crippen molar-refractivity contribution in [3.05, 3.63) is 67.0 Å². The molecule has 0 aliphatic rings. The van der Waals surface area contributed by atoms with E-state index in [4.69, 9.17) is 14.5 Å². The predicted molar refractivity (Wildman–Crippen MR) is 109 cm³/mol. The first-order valence-electron chi connectivity index (χ1n) is 9.71. The van der Waals surface area contributed by atoms with E-state index in [2.05, 4.69) is 60.0 Å². The summed E-state index contributed by atoms with van der Waals surface area (Å²) in [6, 6.07) is 20.9. The van der Waals surface area contributed by atoms with Crippen molar-refractivity contribution in [2.75, 3.05) is 20.0 Å². The van der Waals surface area contributed by atoms with E-state index in [1.807, 2.05) is 18.5 Å². The number of benzene rings is 2. The molecule has 0 spiro atoms. The summed E-state index contributed by atoms with van der Waals surface area (Å²) in [6.07, 6.45) is 5.02. The van der Waals surface area contributed by atoms with Crippen LogP contribution >= 0.6 is 0 Å². The summed E-state index contributed by atoms with van der Waals surface area (Å²) in [5.41, 5.74) is 4.55. The standard InChI is InChI=1S/C23H28N2O2/c1-2-16-26-19-27-17-10-9-15-25-18-24-22(20-11-5-3-6-12-20)23(25)21-13-7-4-8-14-21/h3-8,11-14,18H,2,9-10,15-17,19H2,1H3. The number of unbranched alkanes of at least 4 members (excludes halogenated alkanes) is 1. The third kappa shape index (κ3) is 5.52. The van der Waals surface area contributed by atoms with E-state index in [0.29, 0.717) is 6.79 Å². The lowest BCUT2D eigenvalue weighted by Crippen LogP contribution is -2.04. The van der Waals surface area contributed by atoms with Crippen LogP contribution in [0.15, 0.2) is 67.0 Å². The Morgan fingerprint density at radius 1 is 0.815 bits per heavy atom. The summed E-state index contributed by atoms with van der Waals surface area (Å²) >= 11 is 0. The quantitative estimate of drug-likeness (QED) is 0.338. The second-order valence-corrected chi connectivity index (χ2v) is 6.51. The molecule has 0 saturated carbocycles. The van der Waals surface area contributed by atoms with Gasteiger partial charge in [-0.1, -0.05) is 67.6 Å². The second-order valence-electron chi connectivity index (χ2n) is 6.51. The number of ether oxygens (including phenoxy) is 2. The SMILES string of the molecule is CCCOCOCCCCn1cnc(-c2ccccc2)c1-c1ccccc1. The van der Waals surface area contributed by atoms with Gasteiger partial charge in [0.15, 0.2) is 0 Å². The molecule has 3 rings (SSSR count). The smallest absolute Gasteiger partial charge is 0.146 e. The lowest BCUT2D eigenvalue weighted by molar-refractivity contribution is -0.0544. The average molecular weight is 364 g/mol. The molecule has 1 aromatic heterocycles. The van der Waals surface area contributed by atoms with E-state index in [1.54, 1.807) is 0 Å². The minimum absolute atomic E-state index is 0.395. The summed E-state index contributed by atoms with van der Waals surface area (Å²) in [4.78, 5) is 4.72. The maximum Gasteiger partial charge on any atom is 0.146 e. The largest absolute Gasteiger partial charge is 0.355 e. The highest BCUT2D eigenvalue weighted by Gasteiger charge is 2.14. The van der Waals surface area contributed by atoms with Gasteiger partial charge in [0.1, 0.15) is 6.79 Å². The molecule has 0 radical (unpaired) electrons. The zero-order valence-corrected chi connectivity index (χ0v) is 16.0. The number of nitrogens with zero attached hydrogens (tertiary/aromatic N) is 2. The average Bonchev–Trinajstić information content (AvgIpc) is 3.15. The monoisotopic (exact) mass is 364 g/mol. The summed E-state index contributed by atoms with van der Waals surface area (Å²) in [5.74, 6) is 0. The Bertz CT molecular complexity index is 785. The topological polar surface area (TPSA) is 36.3 Å². The number of aryl methyl sites for hydroxylation is 1. The van der Waals surface area contributed by atoms with Gasteiger partial charge in [-0.25, -0.2) is 4.98 Å². The Hall–Kier alpha value is -2.43. The normalized spacial score (nSPS) is 11.0. The van der Waals surface area contributed by atoms with Gasteiger partial charge in [-0.15, -0.1) is 0 Å². The van der Waals surface area contributed by atoms with Crippen molar-refractivity contribution in [3.63, 3.8) is 0 Å². The molecule has 4 heteroatoms. The molecular weight excluding hydrogens is 336 g/mol. The number of hydrogen-bond acceptors (Lipinski definition) is 3. The highest BCUT2D eigenvalue weighted by atomic mass is 16.7. The van der Waals surface area contributed by atoms with Gasteiger partial charge in [0.05, 0.1) is 17.7 Å². The van der Waals surface area contributed by atoms with Crippen LogP contribution in [0.1, 0.15) is 26.2 Å². The van der Waals surface area contributed by atoms with Crippen LogP contribution in [0.3, 0.4) is 0 Å². The van der Waals surface area contributed by atoms with E-state index in [9.17, 15) is 0 Å². The fraction of sp³-hybridized carbons (Fsp3) is 0.348. The van der Waals surface area contributed by atoms with Crippen LogP contribution in [0.4, 0.5) is 0 Å². The molecule has 0 fully saturated rings. The summed E-state index contributed by atoms with van der Waals surface area (Å²) in [7, 11) is 0. The summed E-state index contributed by atoms with van der Waals surface area (Å²) < 4.78 is 13.1. The fourth-order valence-corrected chi connectivity index (χ4v) is 3.07. The van der Waals surface area contributed by atoms with Crippen LogP contribution in [0, 0.1) is 0 Å². The molecule has 0 aliphatic heterocycles. The molecule has 1 heterocycles. The maximum atomic E-state index is 5.52. The van der Waals surface area contributed by atoms with Gasteiger partial charge in [0.25, 0.3) is 0 Å². The number of rotatable bonds is 11. The molecular formula is C23H28N2O2. The van der Waals surface area contributed by atoms with Crippen molar-refractivity contribution in [1.82, 2.24) is 9.55 Å². The first-order valence-corrected chi connectivity index (χ1v) is 9.71. The number of hydrogen-bond donors (Lipinski definition) is 0. The van der Waals surface area contributed by atoms with Crippen LogP contribution in [0.2, 0.25) is 0 Å². The van der Waals surface area contributed by atoms with E-state index in [0.717, 1.165) is 50.3 Å². The Labute approximate surface area is 161 Å². The first kappa shape index (κ1) is 19.3. The number of imidazole rings is 1. The molecule has 0 aliphatic carbocycles. The third-order valence-corrected chi connectivity index (χ3v) is 4.39. The van der Waals surface area contributed by atoms with Gasteiger partial charge < -0.3 is 14.0 Å². The molecule has 2 aromatic carbocycles. The van der Waals surface area contributed by atoms with Gasteiger partial charge in [-0.2, -0.15) is 0 Å². The summed E-state index contributed by atoms with van der Waals surface area (Å²) in [5, 5.41) is 0. The zero-order valence-electron chi connectivity index (χ0n) is 16.0. The minimum atomic E-state index is 0.395. The van der Waals surface area contributed by atoms with Crippen molar-refractivity contribution in [3.8, 4) is 22.5 Å². The molecule has 142 valence electrons. The number of aromatic nitrogens is 2. The summed E-state index contributed by atoms with van der Waals surface area (Å²) in [6.45, 7) is 4.90. The van der Waals surface area contributed by atoms with E-state index < -0.39 is 0 Å². The molecule has 27 heavy (non-hydrogen) atoms. The van der Waals surface area contributed by atoms with Crippen LogP contribution in [-0.4, -0.2) is 29.6 Å². The highest BCUT2D eigenvalue weighted by Crippen LogP contribution is 2.31. The van der Waals surface area contributed by atoms with Crippen molar-refractivity contribution in [2.45, 2.75) is 32.7 Å². The molecule has 0 saturated heterocycles. The Morgan fingerprint density at radius 3 is 2.19 bits per heavy atom. The van der Waals surface area contributed by atoms with Crippen molar-refractivity contribution < 1.29 is 9.47 Å². The molecule has 0 N–H and O–H groups in total. The van der Waals surface area contributed by atoms with Gasteiger partial charge in [-0.05, 0) is 19.3 Å². The van der Waals surface area contributed by atoms with Crippen molar-refractivity contribution in [2.24, 2.45) is 0 Å². The van der Waals surface area contributed by atoms with Crippen LogP contribution in [0.5, 0.6) is 0 Å². The third-order valence-electron chi connectivity index (χ3n) is 4.39. The van der Waals surface area contributed by atoms with E-state index in [-0.39, 0.29) is 0 Å². The maximum absolute atomic E-state index is 5.52. The van der Waals surface area contributed by atoms with E-state index >= 15 is 0 Å². The van der Waals surface area contributed by atoms with Gasteiger partial charge in [0, 0.05) is 30.9 Å². The first-order chi connectivity index (χ1) is 13.4. The Morgan fingerprint density at radius 2 is 1.48 bits per heavy atom. The van der Waals surface area contributed by atoms with Gasteiger partial charge in [-0.3, -0.25) is 0 Å².